The van der Waals surface area contributed by atoms with Crippen LogP contribution in [0.2, 0.25) is 5.02 Å². The largest absolute Gasteiger partial charge is 0.439 e. The van der Waals surface area contributed by atoms with Crippen molar-refractivity contribution < 1.29 is 4.42 Å². The van der Waals surface area contributed by atoms with Crippen LogP contribution >= 0.6 is 27.5 Å². The van der Waals surface area contributed by atoms with Crippen molar-refractivity contribution in [3.8, 4) is 0 Å². The molecule has 2 nitrogen and oxygen atoms in total. The normalized spacial score (nSPS) is 10.8. The van der Waals surface area contributed by atoms with Gasteiger partial charge in [0.2, 0.25) is 0 Å². The average molecular weight is 246 g/mol. The minimum absolute atomic E-state index is 0.380. The standard InChI is InChI=1S/C8H5BrClNO/c9-5-1-4-2-7(11)12-8(4)6(10)3-5/h1-3H,11H2. The lowest BCUT2D eigenvalue weighted by Crippen LogP contribution is -1.75. The summed E-state index contributed by atoms with van der Waals surface area (Å²) in [6.07, 6.45) is 0. The van der Waals surface area contributed by atoms with Gasteiger partial charge in [-0.2, -0.15) is 0 Å². The van der Waals surface area contributed by atoms with Gasteiger partial charge in [-0.15, -0.1) is 0 Å². The first-order chi connectivity index (χ1) is 5.66. The van der Waals surface area contributed by atoms with E-state index in [4.69, 9.17) is 21.8 Å². The van der Waals surface area contributed by atoms with Gasteiger partial charge in [0, 0.05) is 15.9 Å². The number of hydrogen-bond acceptors (Lipinski definition) is 2. The predicted octanol–water partition coefficient (Wildman–Crippen LogP) is 3.43. The third kappa shape index (κ3) is 1.19. The van der Waals surface area contributed by atoms with Crippen molar-refractivity contribution >= 4 is 44.4 Å². The van der Waals surface area contributed by atoms with E-state index in [2.05, 4.69) is 15.9 Å². The van der Waals surface area contributed by atoms with Crippen molar-refractivity contribution in [3.63, 3.8) is 0 Å². The van der Waals surface area contributed by atoms with E-state index < -0.39 is 0 Å². The highest BCUT2D eigenvalue weighted by Crippen LogP contribution is 2.31. The number of benzene rings is 1. The Balaban J connectivity index is 2.88. The Bertz CT molecular complexity index is 438. The Kier molecular flexibility index (Phi) is 1.77. The lowest BCUT2D eigenvalue weighted by molar-refractivity contribution is 0.637. The first-order valence-electron chi connectivity index (χ1n) is 3.31. The third-order valence-electron chi connectivity index (χ3n) is 1.55. The van der Waals surface area contributed by atoms with Crippen molar-refractivity contribution in [1.82, 2.24) is 0 Å². The molecule has 2 rings (SSSR count). The molecule has 1 aromatic heterocycles. The quantitative estimate of drug-likeness (QED) is 0.773. The fourth-order valence-corrected chi connectivity index (χ4v) is 1.97. The van der Waals surface area contributed by atoms with Crippen LogP contribution in [0.5, 0.6) is 0 Å². The van der Waals surface area contributed by atoms with E-state index in [1.807, 2.05) is 6.07 Å². The van der Waals surface area contributed by atoms with Crippen LogP contribution < -0.4 is 5.73 Å². The highest BCUT2D eigenvalue weighted by molar-refractivity contribution is 9.10. The van der Waals surface area contributed by atoms with Crippen LogP contribution in [0.25, 0.3) is 11.0 Å². The van der Waals surface area contributed by atoms with Gasteiger partial charge in [0.1, 0.15) is 0 Å². The van der Waals surface area contributed by atoms with E-state index in [0.29, 0.717) is 16.5 Å². The van der Waals surface area contributed by atoms with Crippen molar-refractivity contribution in [2.45, 2.75) is 0 Å². The average Bonchev–Trinajstić information content (AvgIpc) is 2.29. The molecule has 2 N–H and O–H groups in total. The van der Waals surface area contributed by atoms with Gasteiger partial charge in [0.25, 0.3) is 0 Å². The number of anilines is 1. The zero-order valence-corrected chi connectivity index (χ0v) is 8.32. The monoisotopic (exact) mass is 245 g/mol. The van der Waals surface area contributed by atoms with E-state index in [1.165, 1.54) is 0 Å². The Morgan fingerprint density at radius 3 is 2.83 bits per heavy atom. The highest BCUT2D eigenvalue weighted by Gasteiger charge is 2.05. The van der Waals surface area contributed by atoms with Crippen LogP contribution in [0.15, 0.2) is 27.1 Å². The third-order valence-corrected chi connectivity index (χ3v) is 2.29. The van der Waals surface area contributed by atoms with Gasteiger partial charge in [0.05, 0.1) is 5.02 Å². The summed E-state index contributed by atoms with van der Waals surface area (Å²) in [5.41, 5.74) is 6.11. The number of hydrogen-bond donors (Lipinski definition) is 1. The molecule has 0 radical (unpaired) electrons. The van der Waals surface area contributed by atoms with Crippen LogP contribution in [0.4, 0.5) is 5.88 Å². The van der Waals surface area contributed by atoms with E-state index in [9.17, 15) is 0 Å². The van der Waals surface area contributed by atoms with Crippen LogP contribution in [0.3, 0.4) is 0 Å². The number of fused-ring (bicyclic) bond motifs is 1. The summed E-state index contributed by atoms with van der Waals surface area (Å²) in [7, 11) is 0. The Morgan fingerprint density at radius 2 is 2.08 bits per heavy atom. The maximum Gasteiger partial charge on any atom is 0.191 e. The lowest BCUT2D eigenvalue weighted by Gasteiger charge is -1.92. The summed E-state index contributed by atoms with van der Waals surface area (Å²) in [5.74, 6) is 0.380. The fraction of sp³-hybridized carbons (Fsp3) is 0. The smallest absolute Gasteiger partial charge is 0.191 e. The molecule has 0 aliphatic rings. The second kappa shape index (κ2) is 2.68. The number of nitrogen functional groups attached to an aromatic ring is 1. The topological polar surface area (TPSA) is 39.2 Å². The molecule has 0 aliphatic carbocycles. The molecule has 0 saturated heterocycles. The Labute approximate surface area is 82.4 Å². The second-order valence-electron chi connectivity index (χ2n) is 2.45. The lowest BCUT2D eigenvalue weighted by atomic mass is 10.2. The zero-order chi connectivity index (χ0) is 8.72. The molecule has 0 unspecified atom stereocenters. The van der Waals surface area contributed by atoms with Crippen LogP contribution in [-0.2, 0) is 0 Å². The fourth-order valence-electron chi connectivity index (χ4n) is 1.10. The van der Waals surface area contributed by atoms with Gasteiger partial charge in [0.15, 0.2) is 11.5 Å². The molecule has 0 saturated carbocycles. The molecule has 2 aromatic rings. The van der Waals surface area contributed by atoms with Gasteiger partial charge in [-0.3, -0.25) is 0 Å². The van der Waals surface area contributed by atoms with Gasteiger partial charge in [-0.25, -0.2) is 0 Å². The van der Waals surface area contributed by atoms with Crippen LogP contribution in [-0.4, -0.2) is 0 Å². The number of rotatable bonds is 0. The maximum atomic E-state index is 5.90. The highest BCUT2D eigenvalue weighted by atomic mass is 79.9. The molecule has 0 spiro atoms. The van der Waals surface area contributed by atoms with E-state index >= 15 is 0 Å². The predicted molar refractivity (Wildman–Crippen MR) is 53.3 cm³/mol. The summed E-state index contributed by atoms with van der Waals surface area (Å²) in [6.45, 7) is 0. The molecular weight excluding hydrogens is 241 g/mol. The first-order valence-corrected chi connectivity index (χ1v) is 4.48. The summed E-state index contributed by atoms with van der Waals surface area (Å²) in [6, 6.07) is 5.42. The van der Waals surface area contributed by atoms with E-state index in [0.717, 1.165) is 9.86 Å². The molecular formula is C8H5BrClNO. The zero-order valence-electron chi connectivity index (χ0n) is 5.97. The van der Waals surface area contributed by atoms with Crippen molar-refractivity contribution in [1.29, 1.82) is 0 Å². The van der Waals surface area contributed by atoms with Gasteiger partial charge < -0.3 is 10.2 Å². The van der Waals surface area contributed by atoms with E-state index in [1.54, 1.807) is 12.1 Å². The van der Waals surface area contributed by atoms with Crippen LogP contribution in [0, 0.1) is 0 Å². The molecule has 4 heteroatoms. The SMILES string of the molecule is Nc1cc2cc(Br)cc(Cl)c2o1. The first kappa shape index (κ1) is 7.95. The maximum absolute atomic E-state index is 5.90. The number of furan rings is 1. The summed E-state index contributed by atoms with van der Waals surface area (Å²) >= 11 is 9.22. The van der Waals surface area contributed by atoms with Crippen LogP contribution in [0.1, 0.15) is 0 Å². The molecule has 62 valence electrons. The van der Waals surface area contributed by atoms with Crippen molar-refractivity contribution in [3.05, 3.63) is 27.7 Å². The van der Waals surface area contributed by atoms with E-state index in [-0.39, 0.29) is 0 Å². The van der Waals surface area contributed by atoms with Gasteiger partial charge in [-0.1, -0.05) is 27.5 Å². The molecule has 0 aliphatic heterocycles. The Hall–Kier alpha value is -0.670. The molecule has 0 bridgehead atoms. The molecule has 0 fully saturated rings. The minimum atomic E-state index is 0.380. The number of halogens is 2. The summed E-state index contributed by atoms with van der Waals surface area (Å²) < 4.78 is 6.10. The molecule has 0 amide bonds. The van der Waals surface area contributed by atoms with Gasteiger partial charge in [-0.05, 0) is 12.1 Å². The Morgan fingerprint density at radius 1 is 1.33 bits per heavy atom. The minimum Gasteiger partial charge on any atom is -0.439 e. The molecule has 1 aromatic carbocycles. The summed E-state index contributed by atoms with van der Waals surface area (Å²) in [5, 5.41) is 1.47. The number of nitrogens with two attached hydrogens (primary N) is 1. The van der Waals surface area contributed by atoms with Gasteiger partial charge >= 0.3 is 0 Å². The molecule has 12 heavy (non-hydrogen) atoms. The second-order valence-corrected chi connectivity index (χ2v) is 3.78. The summed E-state index contributed by atoms with van der Waals surface area (Å²) in [4.78, 5) is 0. The van der Waals surface area contributed by atoms with Crippen molar-refractivity contribution in [2.75, 3.05) is 5.73 Å². The van der Waals surface area contributed by atoms with Crippen molar-refractivity contribution in [2.24, 2.45) is 0 Å². The molecule has 0 atom stereocenters. The molecule has 1 heterocycles.